The lowest BCUT2D eigenvalue weighted by molar-refractivity contribution is 0.975. The molecule has 0 amide bonds. The summed E-state index contributed by atoms with van der Waals surface area (Å²) in [5, 5.41) is 1.26. The van der Waals surface area contributed by atoms with E-state index < -0.39 is 0 Å². The lowest BCUT2D eigenvalue weighted by Gasteiger charge is -2.00. The van der Waals surface area contributed by atoms with Gasteiger partial charge in [0, 0.05) is 0 Å². The fraction of sp³-hybridized carbons (Fsp3) is 0.250. The van der Waals surface area contributed by atoms with Crippen LogP contribution in [0.2, 0.25) is 0 Å². The topological polar surface area (TPSA) is 26.0 Å². The molecule has 0 saturated carbocycles. The highest BCUT2D eigenvalue weighted by Gasteiger charge is 1.92. The average Bonchev–Trinajstić information content (AvgIpc) is 1.94. The van der Waals surface area contributed by atoms with Crippen LogP contribution >= 0.6 is 9.24 Å². The molecule has 10 heavy (non-hydrogen) atoms. The van der Waals surface area contributed by atoms with E-state index in [0.29, 0.717) is 0 Å². The van der Waals surface area contributed by atoms with Gasteiger partial charge in [-0.2, -0.15) is 0 Å². The lowest BCUT2D eigenvalue weighted by atomic mass is 10.1. The minimum atomic E-state index is 0.728. The normalized spacial score (nSPS) is 9.80. The summed E-state index contributed by atoms with van der Waals surface area (Å²) in [5.41, 5.74) is 6.75. The Balaban J connectivity index is 2.81. The summed E-state index contributed by atoms with van der Waals surface area (Å²) in [6.45, 7) is 0.728. The van der Waals surface area contributed by atoms with Crippen LogP contribution in [-0.4, -0.2) is 6.54 Å². The maximum Gasteiger partial charge on any atom is -0.00365 e. The minimum Gasteiger partial charge on any atom is -0.330 e. The molecule has 0 heterocycles. The third kappa shape index (κ3) is 1.80. The molecule has 0 saturated heterocycles. The van der Waals surface area contributed by atoms with Gasteiger partial charge in [0.15, 0.2) is 0 Å². The quantitative estimate of drug-likeness (QED) is 0.621. The summed E-state index contributed by atoms with van der Waals surface area (Å²) < 4.78 is 0. The van der Waals surface area contributed by atoms with Crippen molar-refractivity contribution in [1.82, 2.24) is 0 Å². The maximum absolute atomic E-state index is 5.42. The molecule has 1 nitrogen and oxygen atoms in total. The summed E-state index contributed by atoms with van der Waals surface area (Å²) in [6.07, 6.45) is 0.972. The summed E-state index contributed by atoms with van der Waals surface area (Å²) >= 11 is 0. The van der Waals surface area contributed by atoms with E-state index in [9.17, 15) is 0 Å². The van der Waals surface area contributed by atoms with Crippen LogP contribution < -0.4 is 11.0 Å². The Bertz CT molecular complexity index is 210. The van der Waals surface area contributed by atoms with Crippen molar-refractivity contribution in [3.63, 3.8) is 0 Å². The van der Waals surface area contributed by atoms with Gasteiger partial charge in [0.1, 0.15) is 0 Å². The molecule has 1 atom stereocenters. The van der Waals surface area contributed by atoms with Crippen LogP contribution in [0.1, 0.15) is 5.56 Å². The number of benzene rings is 1. The smallest absolute Gasteiger partial charge is 0.00365 e. The van der Waals surface area contributed by atoms with E-state index in [-0.39, 0.29) is 0 Å². The van der Waals surface area contributed by atoms with E-state index in [2.05, 4.69) is 21.4 Å². The largest absolute Gasteiger partial charge is 0.330 e. The second-order valence-electron chi connectivity index (χ2n) is 2.24. The summed E-state index contributed by atoms with van der Waals surface area (Å²) in [7, 11) is 2.71. The highest BCUT2D eigenvalue weighted by Crippen LogP contribution is 1.99. The van der Waals surface area contributed by atoms with Gasteiger partial charge in [0.05, 0.1) is 0 Å². The van der Waals surface area contributed by atoms with Crippen molar-refractivity contribution < 1.29 is 0 Å². The van der Waals surface area contributed by atoms with Gasteiger partial charge < -0.3 is 5.73 Å². The van der Waals surface area contributed by atoms with Gasteiger partial charge >= 0.3 is 0 Å². The van der Waals surface area contributed by atoms with Crippen LogP contribution in [-0.2, 0) is 6.42 Å². The van der Waals surface area contributed by atoms with Gasteiger partial charge in [0.2, 0.25) is 0 Å². The molecule has 2 N–H and O–H groups in total. The Kier molecular flexibility index (Phi) is 2.85. The van der Waals surface area contributed by atoms with Gasteiger partial charge in [-0.05, 0) is 23.8 Å². The molecule has 0 aromatic heterocycles. The fourth-order valence-electron chi connectivity index (χ4n) is 0.917. The van der Waals surface area contributed by atoms with E-state index in [1.165, 1.54) is 10.9 Å². The third-order valence-corrected chi connectivity index (χ3v) is 2.03. The Labute approximate surface area is 63.8 Å². The van der Waals surface area contributed by atoms with Crippen LogP contribution in [0.5, 0.6) is 0 Å². The molecule has 1 aromatic carbocycles. The zero-order valence-corrected chi connectivity index (χ0v) is 7.03. The number of rotatable bonds is 2. The Morgan fingerprint density at radius 2 is 2.00 bits per heavy atom. The number of hydrogen-bond donors (Lipinski definition) is 1. The summed E-state index contributed by atoms with van der Waals surface area (Å²) in [4.78, 5) is 0. The van der Waals surface area contributed by atoms with E-state index in [1.807, 2.05) is 12.1 Å². The average molecular weight is 153 g/mol. The van der Waals surface area contributed by atoms with Gasteiger partial charge in [-0.25, -0.2) is 0 Å². The van der Waals surface area contributed by atoms with Crippen molar-refractivity contribution in [2.45, 2.75) is 6.42 Å². The summed E-state index contributed by atoms with van der Waals surface area (Å²) in [6, 6.07) is 8.26. The van der Waals surface area contributed by atoms with E-state index in [1.54, 1.807) is 0 Å². The maximum atomic E-state index is 5.42. The van der Waals surface area contributed by atoms with Crippen molar-refractivity contribution in [2.75, 3.05) is 6.54 Å². The van der Waals surface area contributed by atoms with Crippen LogP contribution in [0, 0.1) is 0 Å². The molecule has 2 heteroatoms. The molecular formula is C8H12NP. The van der Waals surface area contributed by atoms with Gasteiger partial charge in [0.25, 0.3) is 0 Å². The Hall–Kier alpha value is -0.390. The molecule has 0 bridgehead atoms. The fourth-order valence-corrected chi connectivity index (χ4v) is 1.27. The van der Waals surface area contributed by atoms with Gasteiger partial charge in [-0.1, -0.05) is 24.3 Å². The Morgan fingerprint density at radius 3 is 2.60 bits per heavy atom. The monoisotopic (exact) mass is 153 g/mol. The van der Waals surface area contributed by atoms with Crippen LogP contribution in [0.4, 0.5) is 0 Å². The molecule has 0 fully saturated rings. The predicted octanol–water partition coefficient (Wildman–Crippen LogP) is 0.688. The molecule has 0 radical (unpaired) electrons. The third-order valence-electron chi connectivity index (χ3n) is 1.47. The second kappa shape index (κ2) is 3.70. The van der Waals surface area contributed by atoms with Crippen LogP contribution in [0.15, 0.2) is 24.3 Å². The van der Waals surface area contributed by atoms with E-state index in [4.69, 9.17) is 5.73 Å². The highest BCUT2D eigenvalue weighted by molar-refractivity contribution is 7.27. The molecule has 0 aliphatic rings. The zero-order chi connectivity index (χ0) is 7.40. The van der Waals surface area contributed by atoms with Crippen molar-refractivity contribution >= 4 is 14.5 Å². The molecule has 0 spiro atoms. The van der Waals surface area contributed by atoms with E-state index >= 15 is 0 Å². The first-order valence-electron chi connectivity index (χ1n) is 3.38. The predicted molar refractivity (Wildman–Crippen MR) is 48.5 cm³/mol. The first-order chi connectivity index (χ1) is 4.84. The van der Waals surface area contributed by atoms with Crippen molar-refractivity contribution in [2.24, 2.45) is 5.73 Å². The lowest BCUT2D eigenvalue weighted by Crippen LogP contribution is -2.08. The number of nitrogens with two attached hydrogens (primary N) is 1. The zero-order valence-electron chi connectivity index (χ0n) is 5.88. The highest BCUT2D eigenvalue weighted by atomic mass is 31.0. The molecule has 1 aromatic rings. The van der Waals surface area contributed by atoms with Crippen molar-refractivity contribution in [1.29, 1.82) is 0 Å². The minimum absolute atomic E-state index is 0.728. The molecule has 0 aliphatic heterocycles. The molecular weight excluding hydrogens is 141 g/mol. The first kappa shape index (κ1) is 7.71. The van der Waals surface area contributed by atoms with Crippen LogP contribution in [0.25, 0.3) is 0 Å². The standard InChI is InChI=1S/C8H12NP/c9-6-5-7-3-1-2-4-8(7)10/h1-4H,5-6,9-10H2. The van der Waals surface area contributed by atoms with Crippen molar-refractivity contribution in [3.05, 3.63) is 29.8 Å². The summed E-state index contributed by atoms with van der Waals surface area (Å²) in [5.74, 6) is 0. The van der Waals surface area contributed by atoms with Crippen molar-refractivity contribution in [3.8, 4) is 0 Å². The number of hydrogen-bond acceptors (Lipinski definition) is 1. The molecule has 1 rings (SSSR count). The van der Waals surface area contributed by atoms with Crippen LogP contribution in [0.3, 0.4) is 0 Å². The molecule has 54 valence electrons. The molecule has 1 unspecified atom stereocenters. The van der Waals surface area contributed by atoms with E-state index in [0.717, 1.165) is 13.0 Å². The van der Waals surface area contributed by atoms with Gasteiger partial charge in [-0.3, -0.25) is 0 Å². The molecule has 0 aliphatic carbocycles. The van der Waals surface area contributed by atoms with Gasteiger partial charge in [-0.15, -0.1) is 9.24 Å². The first-order valence-corrected chi connectivity index (χ1v) is 3.96. The SMILES string of the molecule is NCCc1ccccc1P. The Morgan fingerprint density at radius 1 is 1.30 bits per heavy atom. The second-order valence-corrected chi connectivity index (χ2v) is 2.86.